The summed E-state index contributed by atoms with van der Waals surface area (Å²) in [4.78, 5) is 24.3. The summed E-state index contributed by atoms with van der Waals surface area (Å²) in [5.74, 6) is 0.619. The first-order valence-corrected chi connectivity index (χ1v) is 11.7. The van der Waals surface area contributed by atoms with Crippen LogP contribution in [0.2, 0.25) is 5.02 Å². The highest BCUT2D eigenvalue weighted by atomic mass is 35.5. The molecule has 0 unspecified atom stereocenters. The molecule has 1 N–H and O–H groups in total. The van der Waals surface area contributed by atoms with Crippen LogP contribution in [0.4, 0.5) is 0 Å². The lowest BCUT2D eigenvalue weighted by molar-refractivity contribution is -0.122. The maximum atomic E-state index is 12.5. The van der Waals surface area contributed by atoms with Crippen molar-refractivity contribution in [3.8, 4) is 22.8 Å². The van der Waals surface area contributed by atoms with Gasteiger partial charge in [0.25, 0.3) is 0 Å². The van der Waals surface area contributed by atoms with Crippen molar-refractivity contribution in [2.45, 2.75) is 32.9 Å². The summed E-state index contributed by atoms with van der Waals surface area (Å²) in [6, 6.07) is 11.7. The van der Waals surface area contributed by atoms with Gasteiger partial charge in [0.05, 0.1) is 18.9 Å². The quantitative estimate of drug-likeness (QED) is 0.547. The summed E-state index contributed by atoms with van der Waals surface area (Å²) >= 11 is 6.21. The van der Waals surface area contributed by atoms with Gasteiger partial charge in [-0.15, -0.1) is 0 Å². The Morgan fingerprint density at radius 3 is 2.70 bits per heavy atom. The summed E-state index contributed by atoms with van der Waals surface area (Å²) < 4.78 is 7.27. The van der Waals surface area contributed by atoms with Gasteiger partial charge in [-0.3, -0.25) is 14.7 Å². The zero-order chi connectivity index (χ0) is 23.2. The number of hydrogen-bond donors (Lipinski definition) is 1. The molecule has 1 fully saturated rings. The van der Waals surface area contributed by atoms with Gasteiger partial charge in [-0.1, -0.05) is 29.8 Å². The Bertz CT molecular complexity index is 1070. The van der Waals surface area contributed by atoms with Crippen LogP contribution in [-0.4, -0.2) is 64.2 Å². The fourth-order valence-corrected chi connectivity index (χ4v) is 4.07. The van der Waals surface area contributed by atoms with Gasteiger partial charge < -0.3 is 14.6 Å². The van der Waals surface area contributed by atoms with Crippen LogP contribution < -0.4 is 5.32 Å². The Morgan fingerprint density at radius 2 is 2.00 bits per heavy atom. The molecule has 8 heteroatoms. The molecule has 7 nitrogen and oxygen atoms in total. The first-order valence-electron chi connectivity index (χ1n) is 11.4. The van der Waals surface area contributed by atoms with Crippen molar-refractivity contribution in [2.75, 3.05) is 32.8 Å². The predicted molar refractivity (Wildman–Crippen MR) is 130 cm³/mol. The number of nitrogens with zero attached hydrogens (tertiary/aromatic N) is 4. The van der Waals surface area contributed by atoms with E-state index in [0.29, 0.717) is 10.8 Å². The number of halogens is 1. The molecule has 2 aromatic heterocycles. The molecule has 0 atom stereocenters. The number of hydrogen-bond acceptors (Lipinski definition) is 5. The van der Waals surface area contributed by atoms with Crippen LogP contribution >= 0.6 is 11.6 Å². The number of pyridine rings is 1. The van der Waals surface area contributed by atoms with E-state index < -0.39 is 0 Å². The van der Waals surface area contributed by atoms with Crippen molar-refractivity contribution in [3.05, 3.63) is 59.4 Å². The second kappa shape index (κ2) is 10.9. The zero-order valence-electron chi connectivity index (χ0n) is 19.1. The van der Waals surface area contributed by atoms with Crippen LogP contribution in [0.15, 0.2) is 48.8 Å². The van der Waals surface area contributed by atoms with Gasteiger partial charge in [0.1, 0.15) is 18.1 Å². The molecular formula is C25H30ClN5O2. The third-order valence-electron chi connectivity index (χ3n) is 5.53. The molecule has 4 rings (SSSR count). The lowest BCUT2D eigenvalue weighted by Crippen LogP contribution is -2.37. The predicted octanol–water partition coefficient (Wildman–Crippen LogP) is 3.66. The summed E-state index contributed by atoms with van der Waals surface area (Å²) in [6.45, 7) is 8.65. The summed E-state index contributed by atoms with van der Waals surface area (Å²) in [5, 5.41) is 3.56. The minimum atomic E-state index is -0.0661. The SMILES string of the molecule is CC(C)NC(=O)Cn1cc(-c2ccc(CCN3CCOCC3)cn2)nc1-c1cccc(Cl)c1. The number of carbonyl (C=O) groups is 1. The van der Waals surface area contributed by atoms with E-state index in [-0.39, 0.29) is 18.5 Å². The van der Waals surface area contributed by atoms with Crippen molar-refractivity contribution in [2.24, 2.45) is 0 Å². The highest BCUT2D eigenvalue weighted by Gasteiger charge is 2.16. The van der Waals surface area contributed by atoms with Crippen LogP contribution in [0.25, 0.3) is 22.8 Å². The lowest BCUT2D eigenvalue weighted by Gasteiger charge is -2.26. The molecule has 0 aliphatic carbocycles. The molecule has 1 aliphatic rings. The molecule has 3 heterocycles. The lowest BCUT2D eigenvalue weighted by atomic mass is 10.1. The molecule has 1 saturated heterocycles. The fourth-order valence-electron chi connectivity index (χ4n) is 3.88. The van der Waals surface area contributed by atoms with Gasteiger partial charge in [-0.25, -0.2) is 4.98 Å². The maximum Gasteiger partial charge on any atom is 0.240 e. The fraction of sp³-hybridized carbons (Fsp3) is 0.400. The van der Waals surface area contributed by atoms with Crippen LogP contribution in [0.1, 0.15) is 19.4 Å². The van der Waals surface area contributed by atoms with E-state index in [1.807, 2.05) is 61.1 Å². The average molecular weight is 468 g/mol. The molecule has 1 aromatic carbocycles. The van der Waals surface area contributed by atoms with E-state index in [2.05, 4.69) is 21.3 Å². The largest absolute Gasteiger partial charge is 0.379 e. The second-order valence-electron chi connectivity index (χ2n) is 8.57. The molecule has 33 heavy (non-hydrogen) atoms. The molecule has 0 radical (unpaired) electrons. The number of amides is 1. The summed E-state index contributed by atoms with van der Waals surface area (Å²) in [5.41, 5.74) is 3.54. The second-order valence-corrected chi connectivity index (χ2v) is 9.00. The number of ether oxygens (including phenoxy) is 1. The van der Waals surface area contributed by atoms with Crippen LogP contribution in [-0.2, 0) is 22.5 Å². The molecule has 0 saturated carbocycles. The number of rotatable bonds is 8. The molecule has 1 aliphatic heterocycles. The topological polar surface area (TPSA) is 72.3 Å². The Hall–Kier alpha value is -2.74. The van der Waals surface area contributed by atoms with Crippen molar-refractivity contribution < 1.29 is 9.53 Å². The highest BCUT2D eigenvalue weighted by molar-refractivity contribution is 6.30. The maximum absolute atomic E-state index is 12.5. The molecule has 0 bridgehead atoms. The summed E-state index contributed by atoms with van der Waals surface area (Å²) in [7, 11) is 0. The average Bonchev–Trinajstić information content (AvgIpc) is 3.22. The Labute approximate surface area is 199 Å². The molecule has 1 amide bonds. The molecule has 3 aromatic rings. The highest BCUT2D eigenvalue weighted by Crippen LogP contribution is 2.26. The van der Waals surface area contributed by atoms with Crippen molar-refractivity contribution in [1.82, 2.24) is 24.8 Å². The number of aromatic nitrogens is 3. The van der Waals surface area contributed by atoms with E-state index in [9.17, 15) is 4.79 Å². The third-order valence-corrected chi connectivity index (χ3v) is 5.77. The zero-order valence-corrected chi connectivity index (χ0v) is 19.9. The van der Waals surface area contributed by atoms with Crippen LogP contribution in [0.3, 0.4) is 0 Å². The minimum Gasteiger partial charge on any atom is -0.379 e. The van der Waals surface area contributed by atoms with Gasteiger partial charge in [-0.2, -0.15) is 0 Å². The molecular weight excluding hydrogens is 438 g/mol. The first-order chi connectivity index (χ1) is 16.0. The number of carbonyl (C=O) groups excluding carboxylic acids is 1. The van der Waals surface area contributed by atoms with Gasteiger partial charge >= 0.3 is 0 Å². The molecule has 0 spiro atoms. The smallest absolute Gasteiger partial charge is 0.240 e. The Kier molecular flexibility index (Phi) is 7.75. The van der Waals surface area contributed by atoms with Crippen LogP contribution in [0.5, 0.6) is 0 Å². The minimum absolute atomic E-state index is 0.0661. The Morgan fingerprint density at radius 1 is 1.18 bits per heavy atom. The number of benzene rings is 1. The van der Waals surface area contributed by atoms with Crippen molar-refractivity contribution in [3.63, 3.8) is 0 Å². The van der Waals surface area contributed by atoms with E-state index in [1.165, 1.54) is 5.56 Å². The first kappa shape index (κ1) is 23.4. The van der Waals surface area contributed by atoms with Gasteiger partial charge in [0.2, 0.25) is 5.91 Å². The van der Waals surface area contributed by atoms with Crippen molar-refractivity contribution in [1.29, 1.82) is 0 Å². The van der Waals surface area contributed by atoms with Crippen molar-refractivity contribution >= 4 is 17.5 Å². The number of morpholine rings is 1. The summed E-state index contributed by atoms with van der Waals surface area (Å²) in [6.07, 6.45) is 4.75. The standard InChI is InChI=1S/C25H30ClN5O2/c1-18(2)28-24(32)17-31-16-23(29-25(31)20-4-3-5-21(26)14-20)22-7-6-19(15-27-22)8-9-30-10-12-33-13-11-30/h3-7,14-16,18H,8-13,17H2,1-2H3,(H,28,32). The third kappa shape index (κ3) is 6.41. The van der Waals surface area contributed by atoms with E-state index in [0.717, 1.165) is 56.2 Å². The van der Waals surface area contributed by atoms with Gasteiger partial charge in [0, 0.05) is 48.7 Å². The van der Waals surface area contributed by atoms with E-state index in [1.54, 1.807) is 0 Å². The number of imidazole rings is 1. The van der Waals surface area contributed by atoms with E-state index >= 15 is 0 Å². The van der Waals surface area contributed by atoms with E-state index in [4.69, 9.17) is 21.3 Å². The molecule has 174 valence electrons. The normalized spacial score (nSPS) is 14.5. The van der Waals surface area contributed by atoms with Gasteiger partial charge in [0.15, 0.2) is 0 Å². The monoisotopic (exact) mass is 467 g/mol. The van der Waals surface area contributed by atoms with Crippen LogP contribution in [0, 0.1) is 0 Å². The number of nitrogens with one attached hydrogen (secondary N) is 1. The Balaban J connectivity index is 1.54. The van der Waals surface area contributed by atoms with Gasteiger partial charge in [-0.05, 0) is 44.0 Å².